The van der Waals surface area contributed by atoms with E-state index in [2.05, 4.69) is 40.5 Å². The lowest BCUT2D eigenvalue weighted by Gasteiger charge is -1.92. The van der Waals surface area contributed by atoms with Crippen LogP contribution in [0.3, 0.4) is 0 Å². The van der Waals surface area contributed by atoms with Crippen molar-refractivity contribution >= 4 is 12.6 Å². The van der Waals surface area contributed by atoms with Gasteiger partial charge in [-0.1, -0.05) is 0 Å². The van der Waals surface area contributed by atoms with Crippen molar-refractivity contribution in [1.82, 2.24) is 4.57 Å². The molecule has 3 nitrogen and oxygen atoms in total. The molecule has 13 heavy (non-hydrogen) atoms. The number of nitrogens with zero attached hydrogens (tertiary/aromatic N) is 2. The second kappa shape index (κ2) is 7.41. The number of aryl methyl sites for hydroxylation is 2. The molecule has 0 unspecified atom stereocenters. The molecule has 0 bridgehead atoms. The molecular weight excluding hydrogens is 250 g/mol. The molecule has 0 saturated heterocycles. The maximum absolute atomic E-state index is 5.41. The Morgan fingerprint density at radius 2 is 2.23 bits per heavy atom. The van der Waals surface area contributed by atoms with Crippen molar-refractivity contribution in [2.24, 2.45) is 5.73 Å². The molecule has 0 radical (unpaired) electrons. The SMILES string of the molecule is NCCC[n+]1ccn(CCS)c1.[Br-]. The zero-order chi connectivity index (χ0) is 8.81. The lowest BCUT2D eigenvalue weighted by atomic mass is 10.4. The van der Waals surface area contributed by atoms with E-state index in [1.165, 1.54) is 0 Å². The number of halogens is 1. The Bertz CT molecular complexity index is 227. The first-order valence-electron chi connectivity index (χ1n) is 4.22. The van der Waals surface area contributed by atoms with Crippen molar-refractivity contribution in [3.8, 4) is 0 Å². The van der Waals surface area contributed by atoms with Gasteiger partial charge in [0.15, 0.2) is 0 Å². The lowest BCUT2D eigenvalue weighted by Crippen LogP contribution is -3.00. The fraction of sp³-hybridized carbons (Fsp3) is 0.625. The minimum absolute atomic E-state index is 0. The fourth-order valence-corrected chi connectivity index (χ4v) is 1.32. The first-order valence-corrected chi connectivity index (χ1v) is 4.86. The van der Waals surface area contributed by atoms with E-state index < -0.39 is 0 Å². The first kappa shape index (κ1) is 13.0. The Morgan fingerprint density at radius 1 is 1.46 bits per heavy atom. The second-order valence-corrected chi connectivity index (χ2v) is 3.20. The molecule has 1 aromatic rings. The van der Waals surface area contributed by atoms with Gasteiger partial charge in [0.05, 0.1) is 13.1 Å². The maximum Gasteiger partial charge on any atom is 0.243 e. The first-order chi connectivity index (χ1) is 5.86. The van der Waals surface area contributed by atoms with Crippen LogP contribution >= 0.6 is 12.6 Å². The molecular formula is C8H16BrN3S. The van der Waals surface area contributed by atoms with E-state index in [4.69, 9.17) is 5.73 Å². The van der Waals surface area contributed by atoms with Crippen molar-refractivity contribution < 1.29 is 21.5 Å². The molecule has 0 aromatic carbocycles. The number of aromatic nitrogens is 2. The molecule has 1 rings (SSSR count). The topological polar surface area (TPSA) is 34.8 Å². The predicted molar refractivity (Wildman–Crippen MR) is 52.2 cm³/mol. The maximum atomic E-state index is 5.41. The molecule has 0 saturated carbocycles. The highest BCUT2D eigenvalue weighted by Crippen LogP contribution is 1.87. The van der Waals surface area contributed by atoms with E-state index in [1.54, 1.807) is 0 Å². The summed E-state index contributed by atoms with van der Waals surface area (Å²) < 4.78 is 4.28. The molecule has 5 heteroatoms. The van der Waals surface area contributed by atoms with Gasteiger partial charge in [0.25, 0.3) is 0 Å². The average molecular weight is 266 g/mol. The molecule has 0 aliphatic carbocycles. The van der Waals surface area contributed by atoms with Crippen LogP contribution in [-0.4, -0.2) is 16.9 Å². The van der Waals surface area contributed by atoms with Crippen LogP contribution in [0.4, 0.5) is 0 Å². The normalized spacial score (nSPS) is 9.69. The van der Waals surface area contributed by atoms with Gasteiger partial charge in [0.2, 0.25) is 6.33 Å². The van der Waals surface area contributed by atoms with Gasteiger partial charge >= 0.3 is 0 Å². The Balaban J connectivity index is 0.00000144. The number of rotatable bonds is 5. The third kappa shape index (κ3) is 4.69. The molecule has 0 aliphatic rings. The van der Waals surface area contributed by atoms with Crippen molar-refractivity contribution in [2.45, 2.75) is 19.5 Å². The summed E-state index contributed by atoms with van der Waals surface area (Å²) in [6.45, 7) is 2.74. The minimum Gasteiger partial charge on any atom is -1.00 e. The Hall–Kier alpha value is 0. The van der Waals surface area contributed by atoms with Crippen molar-refractivity contribution in [1.29, 1.82) is 0 Å². The van der Waals surface area contributed by atoms with Gasteiger partial charge in [-0.25, -0.2) is 9.13 Å². The van der Waals surface area contributed by atoms with Crippen LogP contribution in [0.25, 0.3) is 0 Å². The van der Waals surface area contributed by atoms with Crippen molar-refractivity contribution in [3.63, 3.8) is 0 Å². The van der Waals surface area contributed by atoms with Gasteiger partial charge in [-0.3, -0.25) is 0 Å². The molecule has 0 fully saturated rings. The second-order valence-electron chi connectivity index (χ2n) is 2.76. The van der Waals surface area contributed by atoms with Gasteiger partial charge < -0.3 is 22.7 Å². The molecule has 2 N–H and O–H groups in total. The van der Waals surface area contributed by atoms with Gasteiger partial charge in [-0.05, 0) is 13.0 Å². The Labute approximate surface area is 95.1 Å². The number of hydrogen-bond acceptors (Lipinski definition) is 2. The van der Waals surface area contributed by atoms with Crippen LogP contribution in [0.5, 0.6) is 0 Å². The quantitative estimate of drug-likeness (QED) is 0.434. The third-order valence-corrected chi connectivity index (χ3v) is 1.92. The largest absolute Gasteiger partial charge is 1.00 e. The molecule has 1 heterocycles. The fourth-order valence-electron chi connectivity index (χ4n) is 1.09. The molecule has 0 spiro atoms. The highest BCUT2D eigenvalue weighted by Gasteiger charge is 2.00. The van der Waals surface area contributed by atoms with E-state index in [1.807, 2.05) is 0 Å². The zero-order valence-corrected chi connectivity index (χ0v) is 10.0. The number of hydrogen-bond donors (Lipinski definition) is 2. The van der Waals surface area contributed by atoms with E-state index in [9.17, 15) is 0 Å². The summed E-state index contributed by atoms with van der Waals surface area (Å²) in [7, 11) is 0. The minimum atomic E-state index is 0. The van der Waals surface area contributed by atoms with Crippen molar-refractivity contribution in [2.75, 3.05) is 12.3 Å². The standard InChI is InChI=1S/C8H15N3S.BrH/c9-2-1-3-10-4-5-11(8-10)6-7-12;/h4-5,8H,1-3,6-7,9H2;1H. The van der Waals surface area contributed by atoms with Crippen LogP contribution in [0, 0.1) is 0 Å². The molecule has 1 aromatic heterocycles. The van der Waals surface area contributed by atoms with E-state index in [0.717, 1.165) is 31.8 Å². The van der Waals surface area contributed by atoms with Crippen LogP contribution < -0.4 is 27.3 Å². The highest BCUT2D eigenvalue weighted by atomic mass is 79.9. The predicted octanol–water partition coefficient (Wildman–Crippen LogP) is -2.94. The summed E-state index contributed by atoms with van der Waals surface area (Å²) >= 11 is 4.16. The Kier molecular flexibility index (Phi) is 7.41. The summed E-state index contributed by atoms with van der Waals surface area (Å²) in [6, 6.07) is 0. The van der Waals surface area contributed by atoms with E-state index in [-0.39, 0.29) is 17.0 Å². The lowest BCUT2D eigenvalue weighted by molar-refractivity contribution is -0.696. The summed E-state index contributed by atoms with van der Waals surface area (Å²) in [5, 5.41) is 0. The van der Waals surface area contributed by atoms with Gasteiger partial charge in [0, 0.05) is 5.75 Å². The third-order valence-electron chi connectivity index (χ3n) is 1.72. The summed E-state index contributed by atoms with van der Waals surface area (Å²) in [5.74, 6) is 0.881. The molecule has 76 valence electrons. The summed E-state index contributed by atoms with van der Waals surface area (Å²) in [5.41, 5.74) is 5.41. The van der Waals surface area contributed by atoms with Gasteiger partial charge in [0.1, 0.15) is 12.4 Å². The van der Waals surface area contributed by atoms with E-state index in [0.29, 0.717) is 0 Å². The molecule has 0 amide bonds. The van der Waals surface area contributed by atoms with Crippen LogP contribution in [0.1, 0.15) is 6.42 Å². The average Bonchev–Trinajstić information content (AvgIpc) is 2.50. The Morgan fingerprint density at radius 3 is 2.85 bits per heavy atom. The van der Waals surface area contributed by atoms with Crippen LogP contribution in [-0.2, 0) is 13.1 Å². The number of nitrogens with two attached hydrogens (primary N) is 1. The van der Waals surface area contributed by atoms with Crippen LogP contribution in [0.15, 0.2) is 18.7 Å². The monoisotopic (exact) mass is 265 g/mol. The van der Waals surface area contributed by atoms with Crippen LogP contribution in [0.2, 0.25) is 0 Å². The number of imidazole rings is 1. The number of thiol groups is 1. The molecule has 0 atom stereocenters. The van der Waals surface area contributed by atoms with Gasteiger partial charge in [-0.2, -0.15) is 12.6 Å². The highest BCUT2D eigenvalue weighted by molar-refractivity contribution is 7.80. The summed E-state index contributed by atoms with van der Waals surface area (Å²) in [4.78, 5) is 0. The van der Waals surface area contributed by atoms with Gasteiger partial charge in [-0.15, -0.1) is 0 Å². The summed E-state index contributed by atoms with van der Waals surface area (Å²) in [6.07, 6.45) is 7.26. The smallest absolute Gasteiger partial charge is 0.243 e. The van der Waals surface area contributed by atoms with Crippen molar-refractivity contribution in [3.05, 3.63) is 18.7 Å². The zero-order valence-electron chi connectivity index (χ0n) is 7.56. The molecule has 0 aliphatic heterocycles. The van der Waals surface area contributed by atoms with E-state index >= 15 is 0 Å².